The Kier molecular flexibility index (Phi) is 6.52. The molecule has 0 bridgehead atoms. The standard InChI is InChI=1S/C22H22N4O3/c1-16-7-5-11-23-19(16)14-25-21(28)18-10-6-12-26(22(18)29)15-20(27)24-13-17-8-3-2-4-9-17/h2-12H,13-15H2,1H3,(H,24,27)(H,25,28). The van der Waals surface area contributed by atoms with Gasteiger partial charge in [0.05, 0.1) is 12.2 Å². The molecule has 2 heterocycles. The van der Waals surface area contributed by atoms with Crippen LogP contribution in [0.15, 0.2) is 71.8 Å². The number of nitrogens with one attached hydrogen (secondary N) is 2. The Morgan fingerprint density at radius 1 is 0.966 bits per heavy atom. The van der Waals surface area contributed by atoms with Crippen molar-refractivity contribution in [3.63, 3.8) is 0 Å². The van der Waals surface area contributed by atoms with Crippen LogP contribution in [0.2, 0.25) is 0 Å². The second-order valence-electron chi connectivity index (χ2n) is 6.57. The van der Waals surface area contributed by atoms with Crippen LogP contribution in [-0.4, -0.2) is 21.4 Å². The van der Waals surface area contributed by atoms with Gasteiger partial charge in [-0.25, -0.2) is 0 Å². The highest BCUT2D eigenvalue weighted by atomic mass is 16.2. The second kappa shape index (κ2) is 9.45. The Morgan fingerprint density at radius 2 is 1.76 bits per heavy atom. The first kappa shape index (κ1) is 20.0. The fourth-order valence-electron chi connectivity index (χ4n) is 2.80. The van der Waals surface area contributed by atoms with Crippen molar-refractivity contribution < 1.29 is 9.59 Å². The van der Waals surface area contributed by atoms with Crippen LogP contribution in [0.1, 0.15) is 27.2 Å². The Balaban J connectivity index is 1.62. The Bertz CT molecular complexity index is 1060. The van der Waals surface area contributed by atoms with E-state index >= 15 is 0 Å². The average Bonchev–Trinajstić information content (AvgIpc) is 2.74. The molecular formula is C22H22N4O3. The summed E-state index contributed by atoms with van der Waals surface area (Å²) in [5.74, 6) is -0.809. The van der Waals surface area contributed by atoms with Gasteiger partial charge in [-0.3, -0.25) is 19.4 Å². The quantitative estimate of drug-likeness (QED) is 0.643. The number of hydrogen-bond acceptors (Lipinski definition) is 4. The molecule has 0 spiro atoms. The first-order chi connectivity index (χ1) is 14.0. The third kappa shape index (κ3) is 5.38. The molecule has 3 rings (SSSR count). The van der Waals surface area contributed by atoms with E-state index in [9.17, 15) is 14.4 Å². The Hall–Kier alpha value is -3.74. The lowest BCUT2D eigenvalue weighted by molar-refractivity contribution is -0.121. The van der Waals surface area contributed by atoms with Crippen molar-refractivity contribution in [1.29, 1.82) is 0 Å². The zero-order valence-electron chi connectivity index (χ0n) is 16.1. The SMILES string of the molecule is Cc1cccnc1CNC(=O)c1cccn(CC(=O)NCc2ccccc2)c1=O. The van der Waals surface area contributed by atoms with Gasteiger partial charge in [0.1, 0.15) is 12.1 Å². The molecule has 0 aliphatic carbocycles. The number of amides is 2. The van der Waals surface area contributed by atoms with E-state index in [1.54, 1.807) is 12.3 Å². The van der Waals surface area contributed by atoms with Gasteiger partial charge in [-0.15, -0.1) is 0 Å². The van der Waals surface area contributed by atoms with Gasteiger partial charge in [0, 0.05) is 18.9 Å². The maximum Gasteiger partial charge on any atom is 0.263 e. The van der Waals surface area contributed by atoms with E-state index in [1.807, 2.05) is 49.4 Å². The summed E-state index contributed by atoms with van der Waals surface area (Å²) in [4.78, 5) is 41.5. The molecule has 3 aromatic rings. The second-order valence-corrected chi connectivity index (χ2v) is 6.57. The molecule has 0 aliphatic heterocycles. The maximum absolute atomic E-state index is 12.6. The molecule has 0 saturated carbocycles. The fourth-order valence-corrected chi connectivity index (χ4v) is 2.80. The number of aryl methyl sites for hydroxylation is 1. The lowest BCUT2D eigenvalue weighted by atomic mass is 10.2. The molecule has 2 amide bonds. The molecule has 0 radical (unpaired) electrons. The summed E-state index contributed by atoms with van der Waals surface area (Å²) in [7, 11) is 0. The Morgan fingerprint density at radius 3 is 2.52 bits per heavy atom. The number of carbonyl (C=O) groups is 2. The first-order valence-corrected chi connectivity index (χ1v) is 9.23. The monoisotopic (exact) mass is 390 g/mol. The number of benzene rings is 1. The van der Waals surface area contributed by atoms with Crippen LogP contribution in [0.25, 0.3) is 0 Å². The zero-order chi connectivity index (χ0) is 20.6. The maximum atomic E-state index is 12.6. The summed E-state index contributed by atoms with van der Waals surface area (Å²) in [5, 5.41) is 5.48. The molecule has 0 fully saturated rings. The number of rotatable bonds is 7. The molecule has 0 unspecified atom stereocenters. The number of nitrogens with zero attached hydrogens (tertiary/aromatic N) is 2. The van der Waals surface area contributed by atoms with E-state index in [0.29, 0.717) is 6.54 Å². The highest BCUT2D eigenvalue weighted by Crippen LogP contribution is 2.03. The normalized spacial score (nSPS) is 10.4. The lowest BCUT2D eigenvalue weighted by Crippen LogP contribution is -2.36. The van der Waals surface area contributed by atoms with Crippen LogP contribution >= 0.6 is 0 Å². The van der Waals surface area contributed by atoms with E-state index in [-0.39, 0.29) is 24.6 Å². The van der Waals surface area contributed by atoms with Crippen LogP contribution in [0.5, 0.6) is 0 Å². The summed E-state index contributed by atoms with van der Waals surface area (Å²) < 4.78 is 1.22. The molecule has 1 aromatic carbocycles. The summed E-state index contributed by atoms with van der Waals surface area (Å²) in [6, 6.07) is 16.2. The van der Waals surface area contributed by atoms with Gasteiger partial charge < -0.3 is 15.2 Å². The van der Waals surface area contributed by atoms with Crippen LogP contribution in [0.3, 0.4) is 0 Å². The van der Waals surface area contributed by atoms with Crippen LogP contribution < -0.4 is 16.2 Å². The topological polar surface area (TPSA) is 93.1 Å². The van der Waals surface area contributed by atoms with Gasteiger partial charge in [-0.1, -0.05) is 36.4 Å². The average molecular weight is 390 g/mol. The van der Waals surface area contributed by atoms with Gasteiger partial charge >= 0.3 is 0 Å². The number of pyridine rings is 2. The molecule has 2 N–H and O–H groups in total. The minimum absolute atomic E-state index is 0.0167. The smallest absolute Gasteiger partial charge is 0.263 e. The molecule has 0 aliphatic rings. The summed E-state index contributed by atoms with van der Waals surface area (Å²) in [5.41, 5.74) is 2.12. The van der Waals surface area contributed by atoms with Crippen LogP contribution in [-0.2, 0) is 24.4 Å². The van der Waals surface area contributed by atoms with Crippen molar-refractivity contribution in [3.8, 4) is 0 Å². The minimum atomic E-state index is -0.516. The summed E-state index contributed by atoms with van der Waals surface area (Å²) in [6.45, 7) is 2.33. The highest BCUT2D eigenvalue weighted by Gasteiger charge is 2.14. The molecule has 148 valence electrons. The molecule has 0 saturated heterocycles. The number of aromatic nitrogens is 2. The van der Waals surface area contributed by atoms with Gasteiger partial charge in [-0.2, -0.15) is 0 Å². The molecule has 0 atom stereocenters. The molecular weight excluding hydrogens is 368 g/mol. The predicted molar refractivity (Wildman–Crippen MR) is 109 cm³/mol. The highest BCUT2D eigenvalue weighted by molar-refractivity contribution is 5.93. The largest absolute Gasteiger partial charge is 0.350 e. The van der Waals surface area contributed by atoms with Crippen molar-refractivity contribution in [2.75, 3.05) is 0 Å². The lowest BCUT2D eigenvalue weighted by Gasteiger charge is -2.10. The minimum Gasteiger partial charge on any atom is -0.350 e. The Labute approximate surface area is 168 Å². The van der Waals surface area contributed by atoms with E-state index in [2.05, 4.69) is 15.6 Å². The van der Waals surface area contributed by atoms with Crippen molar-refractivity contribution >= 4 is 11.8 Å². The van der Waals surface area contributed by atoms with Gasteiger partial charge in [-0.05, 0) is 36.2 Å². The van der Waals surface area contributed by atoms with Crippen LogP contribution in [0, 0.1) is 6.92 Å². The van der Waals surface area contributed by atoms with Crippen LogP contribution in [0.4, 0.5) is 0 Å². The summed E-state index contributed by atoms with van der Waals surface area (Å²) >= 11 is 0. The van der Waals surface area contributed by atoms with E-state index in [1.165, 1.54) is 16.8 Å². The van der Waals surface area contributed by atoms with Crippen molar-refractivity contribution in [1.82, 2.24) is 20.2 Å². The van der Waals surface area contributed by atoms with E-state index in [0.717, 1.165) is 16.8 Å². The molecule has 7 heteroatoms. The van der Waals surface area contributed by atoms with Gasteiger partial charge in [0.2, 0.25) is 5.91 Å². The third-order valence-electron chi connectivity index (χ3n) is 4.45. The zero-order valence-corrected chi connectivity index (χ0v) is 16.1. The molecule has 2 aromatic heterocycles. The predicted octanol–water partition coefficient (Wildman–Crippen LogP) is 1.80. The first-order valence-electron chi connectivity index (χ1n) is 9.23. The van der Waals surface area contributed by atoms with Gasteiger partial charge in [0.25, 0.3) is 11.5 Å². The van der Waals surface area contributed by atoms with Crippen molar-refractivity contribution in [3.05, 3.63) is 99.7 Å². The molecule has 29 heavy (non-hydrogen) atoms. The van der Waals surface area contributed by atoms with Crippen molar-refractivity contribution in [2.24, 2.45) is 0 Å². The van der Waals surface area contributed by atoms with E-state index in [4.69, 9.17) is 0 Å². The van der Waals surface area contributed by atoms with Gasteiger partial charge in [0.15, 0.2) is 0 Å². The summed E-state index contributed by atoms with van der Waals surface area (Å²) in [6.07, 6.45) is 3.14. The fraction of sp³-hybridized carbons (Fsp3) is 0.182. The number of hydrogen-bond donors (Lipinski definition) is 2. The third-order valence-corrected chi connectivity index (χ3v) is 4.45. The molecule has 7 nitrogen and oxygen atoms in total. The van der Waals surface area contributed by atoms with Crippen molar-refractivity contribution in [2.45, 2.75) is 26.6 Å². The number of carbonyl (C=O) groups excluding carboxylic acids is 2. The van der Waals surface area contributed by atoms with E-state index < -0.39 is 11.5 Å².